The van der Waals surface area contributed by atoms with E-state index in [1.807, 2.05) is 66.7 Å². The first kappa shape index (κ1) is 34.6. The second kappa shape index (κ2) is 15.6. The first-order valence-electron chi connectivity index (χ1n) is 18.0. The van der Waals surface area contributed by atoms with Gasteiger partial charge in [-0.3, -0.25) is 4.79 Å². The number of amides is 1. The van der Waals surface area contributed by atoms with Crippen LogP contribution in [0.1, 0.15) is 32.6 Å². The van der Waals surface area contributed by atoms with Crippen LogP contribution in [0.3, 0.4) is 0 Å². The Labute approximate surface area is 302 Å². The number of phenolic OH excluding ortho intramolecular Hbond substituents is 2. The second-order valence-corrected chi connectivity index (χ2v) is 13.1. The number of piperazine rings is 1. The van der Waals surface area contributed by atoms with Gasteiger partial charge in [0.15, 0.2) is 11.6 Å². The van der Waals surface area contributed by atoms with Crippen molar-refractivity contribution in [2.45, 2.75) is 38.7 Å². The van der Waals surface area contributed by atoms with Gasteiger partial charge < -0.3 is 30.0 Å². The summed E-state index contributed by atoms with van der Waals surface area (Å²) in [6.07, 6.45) is 3.16. The summed E-state index contributed by atoms with van der Waals surface area (Å²) in [6.45, 7) is 6.14. The van der Waals surface area contributed by atoms with Crippen molar-refractivity contribution in [3.05, 3.63) is 97.1 Å². The lowest BCUT2D eigenvalue weighted by atomic mass is 10.1. The quantitative estimate of drug-likeness (QED) is 0.179. The zero-order valence-electron chi connectivity index (χ0n) is 29.3. The van der Waals surface area contributed by atoms with Crippen LogP contribution in [0.25, 0.3) is 44.6 Å². The number of carbonyl (C=O) groups is 1. The highest BCUT2D eigenvalue weighted by molar-refractivity contribution is 5.92. The van der Waals surface area contributed by atoms with Gasteiger partial charge in [0.25, 0.3) is 5.91 Å². The molecule has 6 aromatic rings. The lowest BCUT2D eigenvalue weighted by Crippen LogP contribution is -2.51. The summed E-state index contributed by atoms with van der Waals surface area (Å²) in [7, 11) is 0. The molecule has 2 aliphatic rings. The minimum atomic E-state index is -0.936. The molecule has 0 radical (unpaired) electrons. The second-order valence-electron chi connectivity index (χ2n) is 13.1. The molecule has 266 valence electrons. The van der Waals surface area contributed by atoms with Crippen molar-refractivity contribution in [2.75, 3.05) is 49.1 Å². The number of para-hydroxylation sites is 4. The highest BCUT2D eigenvalue weighted by atomic mass is 16.3. The van der Waals surface area contributed by atoms with E-state index in [1.54, 1.807) is 36.1 Å². The van der Waals surface area contributed by atoms with Crippen LogP contribution >= 0.6 is 0 Å². The van der Waals surface area contributed by atoms with E-state index < -0.39 is 6.10 Å². The SMILES string of the molecule is CC[C@@H](O)C(=O)N1CCN(c2nc(-c3ccccc3O)nc3ccccc23)CC1.Oc1ccccc1-c1nc(N2CCCCC2)c2ccccc2n1. The number of nitrogens with zero attached hydrogens (tertiary/aromatic N) is 7. The minimum absolute atomic E-state index is 0.137. The summed E-state index contributed by atoms with van der Waals surface area (Å²) in [6, 6.07) is 30.2. The molecular formula is C41H43N7O4. The number of carbonyl (C=O) groups excluding carboxylic acids is 1. The Bertz CT molecular complexity index is 2180. The number of aromatic nitrogens is 4. The molecule has 0 unspecified atom stereocenters. The predicted octanol–water partition coefficient (Wildman–Crippen LogP) is 6.41. The van der Waals surface area contributed by atoms with E-state index in [0.29, 0.717) is 55.4 Å². The summed E-state index contributed by atoms with van der Waals surface area (Å²) in [5, 5.41) is 32.2. The highest BCUT2D eigenvalue weighted by Crippen LogP contribution is 2.34. The Morgan fingerprint density at radius 3 is 1.52 bits per heavy atom. The molecule has 2 aromatic heterocycles. The van der Waals surface area contributed by atoms with Gasteiger partial charge in [0.05, 0.1) is 22.2 Å². The van der Waals surface area contributed by atoms with E-state index in [9.17, 15) is 20.1 Å². The van der Waals surface area contributed by atoms with Gasteiger partial charge in [0, 0.05) is 50.0 Å². The average molecular weight is 698 g/mol. The first-order chi connectivity index (χ1) is 25.4. The smallest absolute Gasteiger partial charge is 0.251 e. The molecule has 0 bridgehead atoms. The minimum Gasteiger partial charge on any atom is -0.507 e. The summed E-state index contributed by atoms with van der Waals surface area (Å²) in [5.41, 5.74) is 2.98. The number of anilines is 2. The number of fused-ring (bicyclic) bond motifs is 2. The monoisotopic (exact) mass is 697 g/mol. The molecular weight excluding hydrogens is 654 g/mol. The van der Waals surface area contributed by atoms with Crippen molar-refractivity contribution in [1.82, 2.24) is 24.8 Å². The van der Waals surface area contributed by atoms with Gasteiger partial charge in [0.1, 0.15) is 29.2 Å². The standard InChI is InChI=1S/C22H24N4O3.C19H19N3O/c1-2-18(27)22(29)26-13-11-25(12-14-26)21-15-7-3-5-9-17(15)23-20(24-21)16-8-4-6-10-19(16)28;23-17-11-5-3-9-15(17)18-20-16-10-4-2-8-14(16)19(21-18)22-12-6-1-7-13-22/h3-10,18,27-28H,2,11-14H2,1H3;2-5,8-11,23H,1,6-7,12-13H2/t18-;/m1./s1. The topological polar surface area (TPSA) is 139 Å². The zero-order valence-corrected chi connectivity index (χ0v) is 29.3. The van der Waals surface area contributed by atoms with Gasteiger partial charge >= 0.3 is 0 Å². The maximum Gasteiger partial charge on any atom is 0.251 e. The average Bonchev–Trinajstić information content (AvgIpc) is 3.20. The Morgan fingerprint density at radius 1 is 0.596 bits per heavy atom. The highest BCUT2D eigenvalue weighted by Gasteiger charge is 2.27. The number of benzene rings is 4. The maximum atomic E-state index is 12.3. The van der Waals surface area contributed by atoms with Gasteiger partial charge in [-0.2, -0.15) is 0 Å². The van der Waals surface area contributed by atoms with Crippen LogP contribution in [0.15, 0.2) is 97.1 Å². The Morgan fingerprint density at radius 2 is 1.04 bits per heavy atom. The van der Waals surface area contributed by atoms with Crippen molar-refractivity contribution >= 4 is 39.3 Å². The fourth-order valence-electron chi connectivity index (χ4n) is 6.80. The molecule has 0 saturated carbocycles. The number of hydrogen-bond donors (Lipinski definition) is 3. The third-order valence-corrected chi connectivity index (χ3v) is 9.67. The number of aliphatic hydroxyl groups is 1. The van der Waals surface area contributed by atoms with Gasteiger partial charge in [0.2, 0.25) is 0 Å². The molecule has 4 aromatic carbocycles. The van der Waals surface area contributed by atoms with E-state index >= 15 is 0 Å². The van der Waals surface area contributed by atoms with E-state index in [4.69, 9.17) is 9.97 Å². The third-order valence-electron chi connectivity index (χ3n) is 9.67. The molecule has 1 amide bonds. The van der Waals surface area contributed by atoms with Gasteiger partial charge in [-0.15, -0.1) is 0 Å². The normalized spacial score (nSPS) is 15.3. The third kappa shape index (κ3) is 7.31. The Hall–Kier alpha value is -5.81. The fourth-order valence-corrected chi connectivity index (χ4v) is 6.80. The maximum absolute atomic E-state index is 12.3. The molecule has 11 nitrogen and oxygen atoms in total. The van der Waals surface area contributed by atoms with Crippen molar-refractivity contribution in [3.63, 3.8) is 0 Å². The molecule has 0 aliphatic carbocycles. The zero-order chi connectivity index (χ0) is 36.0. The van der Waals surface area contributed by atoms with Crippen LogP contribution < -0.4 is 9.80 Å². The van der Waals surface area contributed by atoms with E-state index in [1.165, 1.54) is 19.3 Å². The molecule has 3 N–H and O–H groups in total. The number of aliphatic hydroxyl groups excluding tert-OH is 1. The van der Waals surface area contributed by atoms with E-state index in [2.05, 4.69) is 25.8 Å². The number of phenols is 2. The molecule has 11 heteroatoms. The number of rotatable bonds is 6. The van der Waals surface area contributed by atoms with Crippen molar-refractivity contribution in [3.8, 4) is 34.3 Å². The van der Waals surface area contributed by atoms with Crippen molar-refractivity contribution < 1.29 is 20.1 Å². The lowest BCUT2D eigenvalue weighted by Gasteiger charge is -2.36. The van der Waals surface area contributed by atoms with Gasteiger partial charge in [-0.25, -0.2) is 19.9 Å². The van der Waals surface area contributed by atoms with E-state index in [0.717, 1.165) is 46.5 Å². The van der Waals surface area contributed by atoms with Crippen molar-refractivity contribution in [1.29, 1.82) is 0 Å². The number of piperidine rings is 1. The number of hydrogen-bond acceptors (Lipinski definition) is 10. The fraction of sp³-hybridized carbons (Fsp3) is 0.293. The Balaban J connectivity index is 0.000000166. The van der Waals surface area contributed by atoms with Crippen LogP contribution in [0.2, 0.25) is 0 Å². The molecule has 2 aliphatic heterocycles. The summed E-state index contributed by atoms with van der Waals surface area (Å²) < 4.78 is 0. The predicted molar refractivity (Wildman–Crippen MR) is 204 cm³/mol. The van der Waals surface area contributed by atoms with Crippen LogP contribution in [0.4, 0.5) is 11.6 Å². The molecule has 2 fully saturated rings. The molecule has 4 heterocycles. The molecule has 8 rings (SSSR count). The largest absolute Gasteiger partial charge is 0.507 e. The lowest BCUT2D eigenvalue weighted by molar-refractivity contribution is -0.140. The summed E-state index contributed by atoms with van der Waals surface area (Å²) in [4.78, 5) is 37.3. The van der Waals surface area contributed by atoms with Crippen LogP contribution in [0.5, 0.6) is 11.5 Å². The van der Waals surface area contributed by atoms with Gasteiger partial charge in [-0.05, 0) is 74.2 Å². The summed E-state index contributed by atoms with van der Waals surface area (Å²) >= 11 is 0. The van der Waals surface area contributed by atoms with E-state index in [-0.39, 0.29) is 17.4 Å². The van der Waals surface area contributed by atoms with Crippen molar-refractivity contribution in [2.24, 2.45) is 0 Å². The van der Waals surface area contributed by atoms with Crippen LogP contribution in [-0.2, 0) is 4.79 Å². The number of aromatic hydroxyl groups is 2. The van der Waals surface area contributed by atoms with Crippen LogP contribution in [0, 0.1) is 0 Å². The first-order valence-corrected chi connectivity index (χ1v) is 18.0. The Kier molecular flexibility index (Phi) is 10.4. The van der Waals surface area contributed by atoms with Crippen LogP contribution in [-0.4, -0.2) is 91.4 Å². The molecule has 1 atom stereocenters. The van der Waals surface area contributed by atoms with Gasteiger partial charge in [-0.1, -0.05) is 55.5 Å². The molecule has 52 heavy (non-hydrogen) atoms. The molecule has 2 saturated heterocycles. The summed E-state index contributed by atoms with van der Waals surface area (Å²) in [5.74, 6) is 2.96. The molecule has 0 spiro atoms.